The highest BCUT2D eigenvalue weighted by atomic mass is 35.5. The van der Waals surface area contributed by atoms with Crippen LogP contribution in [0.25, 0.3) is 11.1 Å². The molecule has 1 amide bonds. The lowest BCUT2D eigenvalue weighted by Crippen LogP contribution is -2.53. The summed E-state index contributed by atoms with van der Waals surface area (Å²) in [5.41, 5.74) is 1.31. The predicted molar refractivity (Wildman–Crippen MR) is 123 cm³/mol. The topological polar surface area (TPSA) is 125 Å². The number of benzene rings is 1. The zero-order valence-corrected chi connectivity index (χ0v) is 19.3. The number of fused-ring (bicyclic) bond motifs is 3. The molecule has 2 bridgehead atoms. The molecule has 5 rings (SSSR count). The molecule has 32 heavy (non-hydrogen) atoms. The molecule has 0 spiro atoms. The largest absolute Gasteiger partial charge is 0.417 e. The summed E-state index contributed by atoms with van der Waals surface area (Å²) in [5, 5.41) is 6.35. The molecule has 3 saturated heterocycles. The van der Waals surface area contributed by atoms with Gasteiger partial charge in [0, 0.05) is 23.7 Å². The molecule has 3 fully saturated rings. The smallest absolute Gasteiger partial charge is 0.408 e. The second-order valence-corrected chi connectivity index (χ2v) is 11.0. The van der Waals surface area contributed by atoms with Crippen LogP contribution in [0.5, 0.6) is 0 Å². The first-order valence-corrected chi connectivity index (χ1v) is 12.7. The lowest BCUT2D eigenvalue weighted by atomic mass is 9.99. The monoisotopic (exact) mass is 484 g/mol. The zero-order valence-electron chi connectivity index (χ0n) is 17.7. The van der Waals surface area contributed by atoms with Crippen molar-refractivity contribution in [1.82, 2.24) is 19.9 Å². The van der Waals surface area contributed by atoms with Crippen molar-refractivity contribution in [3.63, 3.8) is 0 Å². The number of piperidine rings is 2. The molecule has 11 heteroatoms. The number of aromatic amines is 1. The van der Waals surface area contributed by atoms with E-state index in [2.05, 4.69) is 15.6 Å². The Morgan fingerprint density at radius 1 is 1.12 bits per heavy atom. The predicted octanol–water partition coefficient (Wildman–Crippen LogP) is 1.60. The number of carbonyl (C=O) groups excluding carboxylic acids is 1. The second kappa shape index (κ2) is 9.17. The fourth-order valence-electron chi connectivity index (χ4n) is 5.49. The summed E-state index contributed by atoms with van der Waals surface area (Å²) < 4.78 is 33.1. The number of nitrogens with one attached hydrogen (secondary N) is 3. The van der Waals surface area contributed by atoms with Crippen LogP contribution in [0.15, 0.2) is 27.4 Å². The van der Waals surface area contributed by atoms with Gasteiger partial charge < -0.3 is 15.1 Å². The van der Waals surface area contributed by atoms with E-state index in [1.165, 1.54) is 0 Å². The number of H-pyrrole nitrogens is 1. The second-order valence-electron chi connectivity index (χ2n) is 9.05. The van der Waals surface area contributed by atoms with Gasteiger partial charge in [0.2, 0.25) is 10.0 Å². The third-order valence-corrected chi connectivity index (χ3v) is 9.04. The van der Waals surface area contributed by atoms with Gasteiger partial charge in [-0.2, -0.15) is 4.31 Å². The molecule has 3 aliphatic rings. The summed E-state index contributed by atoms with van der Waals surface area (Å²) in [4.78, 5) is 26.6. The summed E-state index contributed by atoms with van der Waals surface area (Å²) in [6.45, 7) is 1.78. The number of rotatable bonds is 5. The zero-order chi connectivity index (χ0) is 21.6. The van der Waals surface area contributed by atoms with Crippen molar-refractivity contribution in [3.8, 4) is 0 Å². The SMILES string of the molecule is Cl.O=C(N[C@H]1CC2CC[C@H](C1)N2S(=O)(=O)CC1CCNCC1)c1ccc2[nH]c(=O)oc2c1. The molecule has 1 unspecified atom stereocenters. The molecule has 2 aromatic rings. The number of hydrogen-bond donors (Lipinski definition) is 3. The van der Waals surface area contributed by atoms with Crippen LogP contribution in [0.4, 0.5) is 0 Å². The number of nitrogens with zero attached hydrogens (tertiary/aromatic N) is 1. The van der Waals surface area contributed by atoms with Gasteiger partial charge in [-0.3, -0.25) is 9.78 Å². The molecular weight excluding hydrogens is 456 g/mol. The van der Waals surface area contributed by atoms with Gasteiger partial charge in [0.25, 0.3) is 5.91 Å². The minimum atomic E-state index is -3.30. The average Bonchev–Trinajstić information content (AvgIpc) is 3.24. The lowest BCUT2D eigenvalue weighted by Gasteiger charge is -2.39. The molecule has 0 saturated carbocycles. The highest BCUT2D eigenvalue weighted by Crippen LogP contribution is 2.39. The highest BCUT2D eigenvalue weighted by Gasteiger charge is 2.47. The quantitative estimate of drug-likeness (QED) is 0.592. The van der Waals surface area contributed by atoms with Gasteiger partial charge in [-0.15, -0.1) is 12.4 Å². The van der Waals surface area contributed by atoms with Crippen molar-refractivity contribution in [3.05, 3.63) is 34.3 Å². The van der Waals surface area contributed by atoms with E-state index in [1.807, 2.05) is 0 Å². The van der Waals surface area contributed by atoms with E-state index in [1.54, 1.807) is 22.5 Å². The molecule has 3 N–H and O–H groups in total. The molecule has 176 valence electrons. The molecule has 1 aromatic heterocycles. The summed E-state index contributed by atoms with van der Waals surface area (Å²) >= 11 is 0. The Labute approximate surface area is 192 Å². The van der Waals surface area contributed by atoms with Gasteiger partial charge in [0.15, 0.2) is 5.58 Å². The Kier molecular flexibility index (Phi) is 6.67. The van der Waals surface area contributed by atoms with Crippen molar-refractivity contribution in [2.24, 2.45) is 5.92 Å². The first-order valence-electron chi connectivity index (χ1n) is 11.0. The molecule has 0 aliphatic carbocycles. The maximum Gasteiger partial charge on any atom is 0.417 e. The summed E-state index contributed by atoms with van der Waals surface area (Å²) in [6, 6.07) is 4.70. The molecule has 9 nitrogen and oxygen atoms in total. The summed E-state index contributed by atoms with van der Waals surface area (Å²) in [6.07, 6.45) is 4.79. The van der Waals surface area contributed by atoms with Crippen molar-refractivity contribution >= 4 is 39.4 Å². The van der Waals surface area contributed by atoms with Crippen LogP contribution >= 0.6 is 12.4 Å². The van der Waals surface area contributed by atoms with E-state index in [0.29, 0.717) is 29.5 Å². The van der Waals surface area contributed by atoms with Gasteiger partial charge in [0.05, 0.1) is 11.3 Å². The minimum absolute atomic E-state index is 0. The molecule has 1 aromatic carbocycles. The van der Waals surface area contributed by atoms with Crippen LogP contribution in [0.3, 0.4) is 0 Å². The number of halogens is 1. The Hall–Kier alpha value is -1.88. The van der Waals surface area contributed by atoms with Crippen LogP contribution in [0.2, 0.25) is 0 Å². The van der Waals surface area contributed by atoms with E-state index in [9.17, 15) is 18.0 Å². The van der Waals surface area contributed by atoms with Gasteiger partial charge in [0.1, 0.15) is 0 Å². The van der Waals surface area contributed by atoms with Crippen LogP contribution < -0.4 is 16.4 Å². The maximum absolute atomic E-state index is 13.2. The van der Waals surface area contributed by atoms with Crippen molar-refractivity contribution < 1.29 is 17.6 Å². The van der Waals surface area contributed by atoms with Gasteiger partial charge in [-0.25, -0.2) is 13.2 Å². The van der Waals surface area contributed by atoms with E-state index >= 15 is 0 Å². The van der Waals surface area contributed by atoms with Crippen LogP contribution in [-0.4, -0.2) is 60.6 Å². The Balaban J connectivity index is 0.00000245. The Bertz CT molecular complexity index is 1130. The number of aromatic nitrogens is 1. The number of amides is 1. The third kappa shape index (κ3) is 4.59. The number of sulfonamides is 1. The lowest BCUT2D eigenvalue weighted by molar-refractivity contribution is 0.0909. The first-order chi connectivity index (χ1) is 14.9. The van der Waals surface area contributed by atoms with E-state index in [-0.39, 0.29) is 48.1 Å². The average molecular weight is 485 g/mol. The van der Waals surface area contributed by atoms with Crippen molar-refractivity contribution in [1.29, 1.82) is 0 Å². The standard InChI is InChI=1S/C21H28N4O5S.ClH/c26-20(14-1-4-18-19(9-14)30-21(27)24-18)23-15-10-16-2-3-17(11-15)25(16)31(28,29)12-13-5-7-22-8-6-13;/h1,4,9,13,15-17,22H,2-3,5-8,10-12H2,(H,23,26)(H,24,27);1H/t15-,16-,17?;/m1./s1. The van der Waals surface area contributed by atoms with E-state index in [4.69, 9.17) is 4.42 Å². The van der Waals surface area contributed by atoms with Crippen LogP contribution in [-0.2, 0) is 10.0 Å². The first kappa shape index (κ1) is 23.3. The normalized spacial score (nSPS) is 26.7. The minimum Gasteiger partial charge on any atom is -0.408 e. The molecule has 3 atom stereocenters. The van der Waals surface area contributed by atoms with Crippen molar-refractivity contribution in [2.45, 2.75) is 56.7 Å². The maximum atomic E-state index is 13.2. The van der Waals surface area contributed by atoms with Crippen LogP contribution in [0.1, 0.15) is 48.9 Å². The fourth-order valence-corrected chi connectivity index (χ4v) is 7.89. The number of hydrogen-bond acceptors (Lipinski definition) is 6. The third-order valence-electron chi connectivity index (χ3n) is 6.91. The van der Waals surface area contributed by atoms with E-state index in [0.717, 1.165) is 38.8 Å². The summed E-state index contributed by atoms with van der Waals surface area (Å²) in [5.74, 6) is -0.324. The van der Waals surface area contributed by atoms with Gasteiger partial charge in [-0.05, 0) is 75.7 Å². The fraction of sp³-hybridized carbons (Fsp3) is 0.619. The Morgan fingerprint density at radius 3 is 2.50 bits per heavy atom. The van der Waals surface area contributed by atoms with Gasteiger partial charge >= 0.3 is 5.76 Å². The molecule has 3 aliphatic heterocycles. The summed E-state index contributed by atoms with van der Waals surface area (Å²) in [7, 11) is -3.30. The molecule has 0 radical (unpaired) electrons. The van der Waals surface area contributed by atoms with E-state index < -0.39 is 15.8 Å². The highest BCUT2D eigenvalue weighted by molar-refractivity contribution is 7.89. The van der Waals surface area contributed by atoms with Crippen molar-refractivity contribution in [2.75, 3.05) is 18.8 Å². The molecule has 4 heterocycles. The van der Waals surface area contributed by atoms with Gasteiger partial charge in [-0.1, -0.05) is 0 Å². The van der Waals surface area contributed by atoms with Crippen LogP contribution in [0, 0.1) is 5.92 Å². The molecular formula is C21H29ClN4O5S. The number of carbonyl (C=O) groups is 1. The number of oxazole rings is 1. The Morgan fingerprint density at radius 2 is 1.81 bits per heavy atom.